The first-order valence-electron chi connectivity index (χ1n) is 4.49. The fourth-order valence-corrected chi connectivity index (χ4v) is 1.95. The third-order valence-electron chi connectivity index (χ3n) is 2.04. The molecule has 2 aromatic rings. The normalized spacial score (nSPS) is 13.0. The Balaban J connectivity index is 2.10. The van der Waals surface area contributed by atoms with E-state index in [4.69, 9.17) is 0 Å². The lowest BCUT2D eigenvalue weighted by Gasteiger charge is -2.04. The summed E-state index contributed by atoms with van der Waals surface area (Å²) in [5, 5.41) is 21.5. The van der Waals surface area contributed by atoms with E-state index in [1.54, 1.807) is 17.9 Å². The van der Waals surface area contributed by atoms with Crippen molar-refractivity contribution in [2.24, 2.45) is 7.05 Å². The Hall–Kier alpha value is -1.34. The number of aliphatic hydroxyl groups excluding tert-OH is 1. The van der Waals surface area contributed by atoms with Crippen LogP contribution in [0.1, 0.15) is 22.4 Å². The maximum atomic E-state index is 9.91. The Labute approximate surface area is 90.7 Å². The van der Waals surface area contributed by atoms with Crippen LogP contribution in [0, 0.1) is 6.92 Å². The summed E-state index contributed by atoms with van der Waals surface area (Å²) in [7, 11) is 1.79. The Morgan fingerprint density at radius 1 is 1.53 bits per heavy atom. The van der Waals surface area contributed by atoms with Gasteiger partial charge in [0, 0.05) is 19.7 Å². The molecule has 7 heteroatoms. The van der Waals surface area contributed by atoms with E-state index in [1.165, 1.54) is 11.5 Å². The summed E-state index contributed by atoms with van der Waals surface area (Å²) in [6.45, 7) is 1.83. The molecule has 0 radical (unpaired) electrons. The monoisotopic (exact) mass is 225 g/mol. The van der Waals surface area contributed by atoms with E-state index in [-0.39, 0.29) is 0 Å². The molecule has 1 atom stereocenters. The zero-order valence-electron chi connectivity index (χ0n) is 8.45. The number of hydrogen-bond acceptors (Lipinski definition) is 6. The van der Waals surface area contributed by atoms with Crippen molar-refractivity contribution in [3.63, 3.8) is 0 Å². The van der Waals surface area contributed by atoms with Gasteiger partial charge < -0.3 is 5.11 Å². The topological polar surface area (TPSA) is 76.7 Å². The molecule has 0 aliphatic rings. The number of hydrogen-bond donors (Lipinski definition) is 1. The van der Waals surface area contributed by atoms with E-state index < -0.39 is 6.10 Å². The van der Waals surface area contributed by atoms with Crippen LogP contribution in [0.4, 0.5) is 0 Å². The Bertz CT molecular complexity index is 451. The molecule has 0 saturated carbocycles. The van der Waals surface area contributed by atoms with Crippen molar-refractivity contribution < 1.29 is 5.11 Å². The van der Waals surface area contributed by atoms with E-state index >= 15 is 0 Å². The van der Waals surface area contributed by atoms with Gasteiger partial charge in [-0.3, -0.25) is 4.68 Å². The number of rotatable bonds is 3. The molecular weight excluding hydrogens is 214 g/mol. The smallest absolute Gasteiger partial charge is 0.0973 e. The van der Waals surface area contributed by atoms with Crippen LogP contribution < -0.4 is 0 Å². The Morgan fingerprint density at radius 2 is 2.33 bits per heavy atom. The molecule has 0 aliphatic carbocycles. The van der Waals surface area contributed by atoms with Crippen molar-refractivity contribution in [2.75, 3.05) is 0 Å². The molecule has 1 N–H and O–H groups in total. The number of aromatic nitrogens is 5. The summed E-state index contributed by atoms with van der Waals surface area (Å²) in [6, 6.07) is 0. The van der Waals surface area contributed by atoms with Gasteiger partial charge in [-0.05, 0) is 18.5 Å². The van der Waals surface area contributed by atoms with Gasteiger partial charge >= 0.3 is 0 Å². The van der Waals surface area contributed by atoms with Crippen molar-refractivity contribution in [3.8, 4) is 0 Å². The predicted octanol–water partition coefficient (Wildman–Crippen LogP) is 0.251. The number of aryl methyl sites for hydroxylation is 2. The predicted molar refractivity (Wildman–Crippen MR) is 54.3 cm³/mol. The quantitative estimate of drug-likeness (QED) is 0.810. The first kappa shape index (κ1) is 10.2. The Morgan fingerprint density at radius 3 is 2.87 bits per heavy atom. The molecule has 15 heavy (non-hydrogen) atoms. The highest BCUT2D eigenvalue weighted by molar-refractivity contribution is 7.05. The second-order valence-corrected chi connectivity index (χ2v) is 4.11. The summed E-state index contributed by atoms with van der Waals surface area (Å²) in [5.74, 6) is 0. The van der Waals surface area contributed by atoms with Gasteiger partial charge in [0.1, 0.15) is 0 Å². The highest BCUT2D eigenvalue weighted by Crippen LogP contribution is 2.22. The van der Waals surface area contributed by atoms with Crippen molar-refractivity contribution in [2.45, 2.75) is 19.4 Å². The fraction of sp³-hybridized carbons (Fsp3) is 0.500. The SMILES string of the molecule is Cc1nnsc1C(O)Cc1cn(C)nn1. The highest BCUT2D eigenvalue weighted by Gasteiger charge is 2.16. The minimum absolute atomic E-state index is 0.443. The summed E-state index contributed by atoms with van der Waals surface area (Å²) >= 11 is 1.22. The number of aliphatic hydroxyl groups is 1. The molecule has 2 heterocycles. The van der Waals surface area contributed by atoms with Crippen LogP contribution in [-0.2, 0) is 13.5 Å². The summed E-state index contributed by atoms with van der Waals surface area (Å²) in [5.41, 5.74) is 1.54. The molecule has 0 fully saturated rings. The van der Waals surface area contributed by atoms with Gasteiger partial charge in [0.2, 0.25) is 0 Å². The van der Waals surface area contributed by atoms with Crippen LogP contribution in [0.5, 0.6) is 0 Å². The van der Waals surface area contributed by atoms with E-state index in [0.29, 0.717) is 6.42 Å². The van der Waals surface area contributed by atoms with Crippen molar-refractivity contribution >= 4 is 11.5 Å². The van der Waals surface area contributed by atoms with Crippen molar-refractivity contribution in [3.05, 3.63) is 22.5 Å². The maximum Gasteiger partial charge on any atom is 0.0973 e. The van der Waals surface area contributed by atoms with Gasteiger partial charge in [0.05, 0.1) is 22.4 Å². The van der Waals surface area contributed by atoms with E-state index in [9.17, 15) is 5.11 Å². The lowest BCUT2D eigenvalue weighted by Crippen LogP contribution is -2.01. The average Bonchev–Trinajstić information content (AvgIpc) is 2.75. The standard InChI is InChI=1S/C8H11N5OS/c1-5-8(15-12-9-5)7(14)3-6-4-13(2)11-10-6/h4,7,14H,3H2,1-2H3. The molecule has 1 unspecified atom stereocenters. The third-order valence-corrected chi connectivity index (χ3v) is 2.97. The molecule has 0 aliphatic heterocycles. The van der Waals surface area contributed by atoms with E-state index in [0.717, 1.165) is 16.3 Å². The third kappa shape index (κ3) is 2.18. The maximum absolute atomic E-state index is 9.91. The highest BCUT2D eigenvalue weighted by atomic mass is 32.1. The van der Waals surface area contributed by atoms with Gasteiger partial charge in [-0.15, -0.1) is 10.2 Å². The van der Waals surface area contributed by atoms with Crippen LogP contribution in [0.15, 0.2) is 6.20 Å². The van der Waals surface area contributed by atoms with Crippen LogP contribution in [0.2, 0.25) is 0 Å². The summed E-state index contributed by atoms with van der Waals surface area (Å²) in [6.07, 6.45) is 1.63. The first-order valence-corrected chi connectivity index (χ1v) is 5.26. The molecule has 0 aromatic carbocycles. The van der Waals surface area contributed by atoms with Gasteiger partial charge in [0.15, 0.2) is 0 Å². The summed E-state index contributed by atoms with van der Waals surface area (Å²) in [4.78, 5) is 0.792. The van der Waals surface area contributed by atoms with E-state index in [2.05, 4.69) is 19.9 Å². The van der Waals surface area contributed by atoms with Gasteiger partial charge in [-0.2, -0.15) is 0 Å². The molecular formula is C8H11N5OS. The van der Waals surface area contributed by atoms with Crippen LogP contribution in [0.3, 0.4) is 0 Å². The second kappa shape index (κ2) is 4.03. The molecule has 0 bridgehead atoms. The Kier molecular flexibility index (Phi) is 2.74. The summed E-state index contributed by atoms with van der Waals surface area (Å²) < 4.78 is 5.39. The largest absolute Gasteiger partial charge is 0.387 e. The molecule has 80 valence electrons. The number of nitrogens with zero attached hydrogens (tertiary/aromatic N) is 5. The lowest BCUT2D eigenvalue weighted by molar-refractivity contribution is 0.180. The van der Waals surface area contributed by atoms with Crippen molar-refractivity contribution in [1.29, 1.82) is 0 Å². The molecule has 0 amide bonds. The molecule has 6 nitrogen and oxygen atoms in total. The first-order chi connectivity index (χ1) is 7.16. The van der Waals surface area contributed by atoms with Crippen LogP contribution in [0.25, 0.3) is 0 Å². The van der Waals surface area contributed by atoms with Gasteiger partial charge in [0.25, 0.3) is 0 Å². The minimum atomic E-state index is -0.596. The minimum Gasteiger partial charge on any atom is -0.387 e. The van der Waals surface area contributed by atoms with Gasteiger partial charge in [-0.25, -0.2) is 0 Å². The fourth-order valence-electron chi connectivity index (χ4n) is 1.32. The molecule has 0 saturated heterocycles. The zero-order valence-corrected chi connectivity index (χ0v) is 9.27. The zero-order chi connectivity index (χ0) is 10.8. The lowest BCUT2D eigenvalue weighted by atomic mass is 10.1. The second-order valence-electron chi connectivity index (χ2n) is 3.33. The van der Waals surface area contributed by atoms with Crippen LogP contribution in [-0.4, -0.2) is 29.7 Å². The average molecular weight is 225 g/mol. The molecule has 0 spiro atoms. The molecule has 2 rings (SSSR count). The van der Waals surface area contributed by atoms with Gasteiger partial charge in [-0.1, -0.05) is 9.70 Å². The molecule has 2 aromatic heterocycles. The van der Waals surface area contributed by atoms with Crippen molar-refractivity contribution in [1.82, 2.24) is 24.6 Å². The van der Waals surface area contributed by atoms with E-state index in [1.807, 2.05) is 6.92 Å². The van der Waals surface area contributed by atoms with Crippen LogP contribution >= 0.6 is 11.5 Å².